The number of aromatic nitrogens is 1. The summed E-state index contributed by atoms with van der Waals surface area (Å²) in [5, 5.41) is 12.2. The van der Waals surface area contributed by atoms with Crippen LogP contribution >= 0.6 is 22.9 Å². The maximum atomic E-state index is 13.4. The zero-order chi connectivity index (χ0) is 26.1. The second-order valence-electron chi connectivity index (χ2n) is 8.75. The van der Waals surface area contributed by atoms with Gasteiger partial charge in [0.2, 0.25) is 0 Å². The van der Waals surface area contributed by atoms with Gasteiger partial charge in [0.15, 0.2) is 5.13 Å². The molecule has 0 spiro atoms. The van der Waals surface area contributed by atoms with E-state index in [-0.39, 0.29) is 11.3 Å². The SMILES string of the molecule is CCCOc1ccc([C@H]2/C(=C(\O)c3ccc(Cl)cc3)C(=O)C(=O)N2c2nc3ccc(CC)cc3s2)cc1. The molecule has 1 aliphatic rings. The Balaban J connectivity index is 1.66. The van der Waals surface area contributed by atoms with Gasteiger partial charge in [-0.05, 0) is 72.5 Å². The summed E-state index contributed by atoms with van der Waals surface area (Å²) in [5.41, 5.74) is 2.97. The number of hydrogen-bond donors (Lipinski definition) is 1. The van der Waals surface area contributed by atoms with E-state index in [0.717, 1.165) is 28.6 Å². The van der Waals surface area contributed by atoms with E-state index in [1.807, 2.05) is 31.2 Å². The highest BCUT2D eigenvalue weighted by molar-refractivity contribution is 7.22. The molecule has 0 radical (unpaired) electrons. The number of aryl methyl sites for hydroxylation is 1. The number of aliphatic hydroxyl groups is 1. The highest BCUT2D eigenvalue weighted by Gasteiger charge is 2.48. The maximum absolute atomic E-state index is 13.4. The third-order valence-electron chi connectivity index (χ3n) is 6.29. The lowest BCUT2D eigenvalue weighted by molar-refractivity contribution is -0.132. The molecule has 3 aromatic carbocycles. The van der Waals surface area contributed by atoms with Gasteiger partial charge in [0, 0.05) is 10.6 Å². The van der Waals surface area contributed by atoms with E-state index in [1.165, 1.54) is 16.2 Å². The molecule has 188 valence electrons. The average Bonchev–Trinajstić information content (AvgIpc) is 3.45. The molecule has 1 saturated heterocycles. The number of anilines is 1. The Hall–Kier alpha value is -3.68. The van der Waals surface area contributed by atoms with Crippen LogP contribution in [0.1, 0.15) is 43.0 Å². The summed E-state index contributed by atoms with van der Waals surface area (Å²) >= 11 is 7.37. The third-order valence-corrected chi connectivity index (χ3v) is 7.56. The van der Waals surface area contributed by atoms with E-state index >= 15 is 0 Å². The Morgan fingerprint density at radius 3 is 2.46 bits per heavy atom. The molecule has 2 heterocycles. The molecule has 37 heavy (non-hydrogen) atoms. The van der Waals surface area contributed by atoms with E-state index in [1.54, 1.807) is 36.4 Å². The molecule has 1 aromatic heterocycles. The highest BCUT2D eigenvalue weighted by atomic mass is 35.5. The first-order valence-corrected chi connectivity index (χ1v) is 13.3. The lowest BCUT2D eigenvalue weighted by Crippen LogP contribution is -2.29. The van der Waals surface area contributed by atoms with Crippen LogP contribution in [0.15, 0.2) is 72.3 Å². The number of fused-ring (bicyclic) bond motifs is 1. The lowest BCUT2D eigenvalue weighted by atomic mass is 9.95. The maximum Gasteiger partial charge on any atom is 0.301 e. The van der Waals surface area contributed by atoms with Gasteiger partial charge >= 0.3 is 5.91 Å². The number of halogens is 1. The molecule has 1 amide bonds. The number of benzene rings is 3. The van der Waals surface area contributed by atoms with Gasteiger partial charge in [-0.2, -0.15) is 0 Å². The van der Waals surface area contributed by atoms with Crippen LogP contribution in [0.25, 0.3) is 16.0 Å². The molecule has 1 fully saturated rings. The Labute approximate surface area is 223 Å². The fraction of sp³-hybridized carbons (Fsp3) is 0.207. The van der Waals surface area contributed by atoms with Crippen molar-refractivity contribution in [3.8, 4) is 5.75 Å². The molecule has 0 saturated carbocycles. The number of ketones is 1. The number of carbonyl (C=O) groups is 2. The Morgan fingerprint density at radius 1 is 1.05 bits per heavy atom. The van der Waals surface area contributed by atoms with Crippen LogP contribution in [0.5, 0.6) is 5.75 Å². The monoisotopic (exact) mass is 532 g/mol. The van der Waals surface area contributed by atoms with E-state index in [0.29, 0.717) is 33.6 Å². The number of nitrogens with zero attached hydrogens (tertiary/aromatic N) is 2. The van der Waals surface area contributed by atoms with Crippen molar-refractivity contribution >= 4 is 55.7 Å². The molecular formula is C29H25ClN2O4S. The smallest absolute Gasteiger partial charge is 0.301 e. The zero-order valence-electron chi connectivity index (χ0n) is 20.4. The summed E-state index contributed by atoms with van der Waals surface area (Å²) in [6, 6.07) is 18.8. The first-order chi connectivity index (χ1) is 17.9. The van der Waals surface area contributed by atoms with Crippen LogP contribution in [0, 0.1) is 0 Å². The van der Waals surface area contributed by atoms with Crippen molar-refractivity contribution in [3.63, 3.8) is 0 Å². The molecule has 0 aliphatic carbocycles. The number of carbonyl (C=O) groups excluding carboxylic acids is 2. The lowest BCUT2D eigenvalue weighted by Gasteiger charge is -2.23. The Morgan fingerprint density at radius 2 is 1.78 bits per heavy atom. The van der Waals surface area contributed by atoms with E-state index < -0.39 is 17.7 Å². The summed E-state index contributed by atoms with van der Waals surface area (Å²) in [6.45, 7) is 4.69. The molecule has 4 aromatic rings. The van der Waals surface area contributed by atoms with Gasteiger partial charge < -0.3 is 9.84 Å². The predicted octanol–water partition coefficient (Wildman–Crippen LogP) is 6.93. The molecule has 0 unspecified atom stereocenters. The van der Waals surface area contributed by atoms with Gasteiger partial charge in [-0.15, -0.1) is 0 Å². The fourth-order valence-corrected chi connectivity index (χ4v) is 5.54. The predicted molar refractivity (Wildman–Crippen MR) is 147 cm³/mol. The van der Waals surface area contributed by atoms with Crippen LogP contribution < -0.4 is 9.64 Å². The zero-order valence-corrected chi connectivity index (χ0v) is 22.0. The van der Waals surface area contributed by atoms with Crippen molar-refractivity contribution in [1.29, 1.82) is 0 Å². The number of hydrogen-bond acceptors (Lipinski definition) is 6. The standard InChI is InChI=1S/C29H25ClN2O4S/c1-3-15-36-21-12-8-18(9-13-21)25-24(26(33)19-6-10-20(30)11-7-19)27(34)28(35)32(25)29-31-22-14-5-17(4-2)16-23(22)37-29/h5-14,16,25,33H,3-4,15H2,1-2H3/b26-24+/t25-/m0/s1. The van der Waals surface area contributed by atoms with Gasteiger partial charge in [0.05, 0.1) is 28.4 Å². The van der Waals surface area contributed by atoms with Crippen LogP contribution in [-0.4, -0.2) is 28.4 Å². The number of aliphatic hydroxyl groups excluding tert-OH is 1. The van der Waals surface area contributed by atoms with Crippen molar-refractivity contribution in [1.82, 2.24) is 4.98 Å². The van der Waals surface area contributed by atoms with E-state index in [4.69, 9.17) is 21.3 Å². The van der Waals surface area contributed by atoms with Crippen LogP contribution in [0.2, 0.25) is 5.02 Å². The van der Waals surface area contributed by atoms with Crippen molar-refractivity contribution in [2.24, 2.45) is 0 Å². The normalized spacial score (nSPS) is 17.1. The fourth-order valence-electron chi connectivity index (χ4n) is 4.35. The summed E-state index contributed by atoms with van der Waals surface area (Å²) in [5.74, 6) is -1.07. The Kier molecular flexibility index (Phi) is 7.00. The minimum atomic E-state index is -0.859. The summed E-state index contributed by atoms with van der Waals surface area (Å²) in [4.78, 5) is 32.9. The minimum absolute atomic E-state index is 0.00283. The Bertz CT molecular complexity index is 1510. The largest absolute Gasteiger partial charge is 0.507 e. The topological polar surface area (TPSA) is 79.7 Å². The van der Waals surface area contributed by atoms with E-state index in [2.05, 4.69) is 13.0 Å². The van der Waals surface area contributed by atoms with Crippen LogP contribution in [-0.2, 0) is 16.0 Å². The number of Topliss-reactive ketones (excluding diaryl/α,β-unsaturated/α-hetero) is 1. The van der Waals surface area contributed by atoms with Gasteiger partial charge in [-0.1, -0.05) is 55.0 Å². The third kappa shape index (κ3) is 4.72. The van der Waals surface area contributed by atoms with Gasteiger partial charge in [-0.25, -0.2) is 4.98 Å². The molecule has 8 heteroatoms. The van der Waals surface area contributed by atoms with Crippen molar-refractivity contribution in [3.05, 3.63) is 94.0 Å². The first kappa shape index (κ1) is 25.0. The second kappa shape index (κ2) is 10.4. The molecule has 1 N–H and O–H groups in total. The van der Waals surface area contributed by atoms with E-state index in [9.17, 15) is 14.7 Å². The number of rotatable bonds is 7. The molecule has 1 atom stereocenters. The average molecular weight is 533 g/mol. The number of thiazole rings is 1. The quantitative estimate of drug-likeness (QED) is 0.159. The summed E-state index contributed by atoms with van der Waals surface area (Å²) < 4.78 is 6.64. The number of ether oxygens (including phenoxy) is 1. The second-order valence-corrected chi connectivity index (χ2v) is 10.2. The van der Waals surface area contributed by atoms with Gasteiger partial charge in [-0.3, -0.25) is 14.5 Å². The highest BCUT2D eigenvalue weighted by Crippen LogP contribution is 2.44. The minimum Gasteiger partial charge on any atom is -0.507 e. The van der Waals surface area contributed by atoms with Gasteiger partial charge in [0.1, 0.15) is 11.5 Å². The van der Waals surface area contributed by atoms with Crippen molar-refractivity contribution in [2.45, 2.75) is 32.7 Å². The van der Waals surface area contributed by atoms with Crippen LogP contribution in [0.4, 0.5) is 5.13 Å². The van der Waals surface area contributed by atoms with Crippen LogP contribution in [0.3, 0.4) is 0 Å². The van der Waals surface area contributed by atoms with Gasteiger partial charge in [0.25, 0.3) is 5.78 Å². The van der Waals surface area contributed by atoms with Crippen molar-refractivity contribution < 1.29 is 19.4 Å². The summed E-state index contributed by atoms with van der Waals surface area (Å²) in [6.07, 6.45) is 1.75. The molecule has 5 rings (SSSR count). The summed E-state index contributed by atoms with van der Waals surface area (Å²) in [7, 11) is 0. The van der Waals surface area contributed by atoms with Crippen molar-refractivity contribution in [2.75, 3.05) is 11.5 Å². The first-order valence-electron chi connectivity index (χ1n) is 12.1. The molecule has 1 aliphatic heterocycles. The number of amides is 1. The molecule has 6 nitrogen and oxygen atoms in total. The molecule has 0 bridgehead atoms. The molecular weight excluding hydrogens is 508 g/mol.